The quantitative estimate of drug-likeness (QED) is 0.391. The van der Waals surface area contributed by atoms with Crippen LogP contribution in [0.5, 0.6) is 5.75 Å². The summed E-state index contributed by atoms with van der Waals surface area (Å²) in [4.78, 5) is 25.6. The molecule has 102 valence electrons. The molecular weight excluding hydrogens is 286 g/mol. The van der Waals surface area contributed by atoms with Gasteiger partial charge in [0.1, 0.15) is 17.1 Å². The number of pyridine rings is 1. The summed E-state index contributed by atoms with van der Waals surface area (Å²) in [6.07, 6.45) is 0.972. The number of anilines is 1. The van der Waals surface area contributed by atoms with Crippen LogP contribution in [-0.2, 0) is 0 Å². The van der Waals surface area contributed by atoms with E-state index in [1.54, 1.807) is 0 Å². The average Bonchev–Trinajstić information content (AvgIpc) is 2.41. The van der Waals surface area contributed by atoms with Crippen LogP contribution in [-0.4, -0.2) is 20.9 Å². The number of nitrogens with one attached hydrogen (secondary N) is 1. The molecule has 1 aromatic heterocycles. The van der Waals surface area contributed by atoms with Crippen LogP contribution in [0.4, 0.5) is 11.4 Å². The van der Waals surface area contributed by atoms with Crippen molar-refractivity contribution in [3.63, 3.8) is 0 Å². The number of nitro groups is 1. The number of carbonyl (C=O) groups is 1. The van der Waals surface area contributed by atoms with Crippen molar-refractivity contribution in [3.8, 4) is 5.75 Å². The molecule has 0 aliphatic heterocycles. The maximum Gasteiger partial charge on any atom is 0.288 e. The molecule has 2 rings (SSSR count). The first-order valence-electron chi connectivity index (χ1n) is 5.37. The van der Waals surface area contributed by atoms with E-state index in [0.29, 0.717) is 5.69 Å². The molecule has 2 N–H and O–H groups in total. The van der Waals surface area contributed by atoms with Crippen LogP contribution in [0.15, 0.2) is 36.5 Å². The largest absolute Gasteiger partial charge is 0.508 e. The van der Waals surface area contributed by atoms with Crippen molar-refractivity contribution >= 4 is 28.9 Å². The molecule has 0 fully saturated rings. The Morgan fingerprint density at radius 3 is 2.60 bits per heavy atom. The topological polar surface area (TPSA) is 105 Å². The molecule has 0 atom stereocenters. The maximum atomic E-state index is 12.0. The highest BCUT2D eigenvalue weighted by Crippen LogP contribution is 2.21. The lowest BCUT2D eigenvalue weighted by molar-refractivity contribution is -0.385. The molecule has 0 aliphatic rings. The van der Waals surface area contributed by atoms with Crippen molar-refractivity contribution in [2.24, 2.45) is 0 Å². The average molecular weight is 294 g/mol. The Labute approximate surface area is 118 Å². The number of hydrogen-bond acceptors (Lipinski definition) is 5. The fraction of sp³-hybridized carbons (Fsp3) is 0. The molecule has 0 radical (unpaired) electrons. The fourth-order valence-electron chi connectivity index (χ4n) is 1.44. The zero-order valence-electron chi connectivity index (χ0n) is 9.91. The van der Waals surface area contributed by atoms with Crippen molar-refractivity contribution in [2.75, 3.05) is 5.32 Å². The first-order chi connectivity index (χ1) is 9.47. The maximum absolute atomic E-state index is 12.0. The molecule has 7 nitrogen and oxygen atoms in total. The van der Waals surface area contributed by atoms with Crippen molar-refractivity contribution in [1.29, 1.82) is 0 Å². The molecular formula is C12H8ClN3O4. The van der Waals surface area contributed by atoms with Crippen LogP contribution < -0.4 is 5.32 Å². The Balaban J connectivity index is 2.26. The molecule has 0 unspecified atom stereocenters. The Kier molecular flexibility index (Phi) is 3.81. The summed E-state index contributed by atoms with van der Waals surface area (Å²) < 4.78 is 0. The highest BCUT2D eigenvalue weighted by atomic mass is 35.5. The highest BCUT2D eigenvalue weighted by molar-refractivity contribution is 6.33. The molecule has 0 bridgehead atoms. The second-order valence-electron chi connectivity index (χ2n) is 3.79. The highest BCUT2D eigenvalue weighted by Gasteiger charge is 2.17. The number of amides is 1. The van der Waals surface area contributed by atoms with Gasteiger partial charge in [-0.15, -0.1) is 0 Å². The molecule has 0 aliphatic carbocycles. The molecule has 0 saturated carbocycles. The second kappa shape index (κ2) is 5.54. The van der Waals surface area contributed by atoms with E-state index in [0.717, 1.165) is 12.3 Å². The van der Waals surface area contributed by atoms with Crippen molar-refractivity contribution in [3.05, 3.63) is 57.4 Å². The number of phenols is 1. The van der Waals surface area contributed by atoms with Crippen molar-refractivity contribution in [2.45, 2.75) is 0 Å². The zero-order valence-corrected chi connectivity index (χ0v) is 10.7. The van der Waals surface area contributed by atoms with Crippen molar-refractivity contribution in [1.82, 2.24) is 4.98 Å². The minimum Gasteiger partial charge on any atom is -0.508 e. The Morgan fingerprint density at radius 2 is 2.00 bits per heavy atom. The zero-order chi connectivity index (χ0) is 14.7. The van der Waals surface area contributed by atoms with Gasteiger partial charge in [-0.2, -0.15) is 0 Å². The fourth-order valence-corrected chi connectivity index (χ4v) is 1.63. The third-order valence-corrected chi connectivity index (χ3v) is 2.71. The standard InChI is InChI=1S/C12H8ClN3O4/c13-11-10(5-8(6-14-11)16(19)20)12(18)15-7-1-3-9(17)4-2-7/h1-6,17H,(H,15,18). The van der Waals surface area contributed by atoms with Gasteiger partial charge in [-0.25, -0.2) is 4.98 Å². The van der Waals surface area contributed by atoms with Crippen LogP contribution in [0.1, 0.15) is 10.4 Å². The predicted octanol–water partition coefficient (Wildman–Crippen LogP) is 2.60. The van der Waals surface area contributed by atoms with Gasteiger partial charge in [-0.05, 0) is 24.3 Å². The van der Waals surface area contributed by atoms with E-state index in [9.17, 15) is 14.9 Å². The first-order valence-corrected chi connectivity index (χ1v) is 5.75. The lowest BCUT2D eigenvalue weighted by Gasteiger charge is -2.06. The minimum atomic E-state index is -0.666. The van der Waals surface area contributed by atoms with Crippen LogP contribution in [0, 0.1) is 10.1 Å². The molecule has 20 heavy (non-hydrogen) atoms. The Morgan fingerprint density at radius 1 is 1.35 bits per heavy atom. The number of benzene rings is 1. The van der Waals surface area contributed by atoms with Gasteiger partial charge < -0.3 is 10.4 Å². The molecule has 2 aromatic rings. The lowest BCUT2D eigenvalue weighted by atomic mass is 10.2. The van der Waals surface area contributed by atoms with Crippen LogP contribution in [0.3, 0.4) is 0 Å². The summed E-state index contributed by atoms with van der Waals surface area (Å²) in [7, 11) is 0. The minimum absolute atomic E-state index is 0.0537. The molecule has 1 aromatic carbocycles. The van der Waals surface area contributed by atoms with Crippen LogP contribution >= 0.6 is 11.6 Å². The predicted molar refractivity (Wildman–Crippen MR) is 72.0 cm³/mol. The van der Waals surface area contributed by atoms with Crippen molar-refractivity contribution < 1.29 is 14.8 Å². The van der Waals surface area contributed by atoms with Gasteiger partial charge in [0, 0.05) is 11.8 Å². The summed E-state index contributed by atoms with van der Waals surface area (Å²) in [6, 6.07) is 6.79. The van der Waals surface area contributed by atoms with Gasteiger partial charge in [0.05, 0.1) is 10.5 Å². The summed E-state index contributed by atoms with van der Waals surface area (Å²) in [5.41, 5.74) is -0.0189. The Bertz CT molecular complexity index is 673. The smallest absolute Gasteiger partial charge is 0.288 e. The van der Waals surface area contributed by atoms with E-state index in [4.69, 9.17) is 16.7 Å². The molecule has 0 spiro atoms. The lowest BCUT2D eigenvalue weighted by Crippen LogP contribution is -2.13. The number of phenolic OH excluding ortho intramolecular Hbond substituents is 1. The van der Waals surface area contributed by atoms with Gasteiger partial charge in [0.2, 0.25) is 0 Å². The molecule has 1 amide bonds. The number of rotatable bonds is 3. The number of nitrogens with zero attached hydrogens (tertiary/aromatic N) is 2. The van der Waals surface area contributed by atoms with Gasteiger partial charge in [-0.1, -0.05) is 11.6 Å². The summed E-state index contributed by atoms with van der Waals surface area (Å²) in [5.74, 6) is -0.574. The summed E-state index contributed by atoms with van der Waals surface area (Å²) in [5, 5.41) is 22.1. The van der Waals surface area contributed by atoms with E-state index in [1.165, 1.54) is 24.3 Å². The van der Waals surface area contributed by atoms with E-state index in [1.807, 2.05) is 0 Å². The van der Waals surface area contributed by atoms with Gasteiger partial charge in [-0.3, -0.25) is 14.9 Å². The molecule has 8 heteroatoms. The third-order valence-electron chi connectivity index (χ3n) is 2.41. The van der Waals surface area contributed by atoms with E-state index < -0.39 is 10.8 Å². The number of aromatic hydroxyl groups is 1. The SMILES string of the molecule is O=C(Nc1ccc(O)cc1)c1cc([N+](=O)[O-])cnc1Cl. The van der Waals surface area contributed by atoms with Crippen LogP contribution in [0.2, 0.25) is 5.15 Å². The van der Waals surface area contributed by atoms with E-state index >= 15 is 0 Å². The number of hydrogen-bond donors (Lipinski definition) is 2. The second-order valence-corrected chi connectivity index (χ2v) is 4.15. The van der Waals surface area contributed by atoms with Gasteiger partial charge in [0.15, 0.2) is 0 Å². The van der Waals surface area contributed by atoms with E-state index in [-0.39, 0.29) is 22.2 Å². The summed E-state index contributed by atoms with van der Waals surface area (Å²) in [6.45, 7) is 0. The molecule has 0 saturated heterocycles. The molecule has 1 heterocycles. The number of aromatic nitrogens is 1. The normalized spacial score (nSPS) is 10.1. The first kappa shape index (κ1) is 13.8. The monoisotopic (exact) mass is 293 g/mol. The van der Waals surface area contributed by atoms with Gasteiger partial charge in [0.25, 0.3) is 11.6 Å². The van der Waals surface area contributed by atoms with E-state index in [2.05, 4.69) is 10.3 Å². The summed E-state index contributed by atoms with van der Waals surface area (Å²) >= 11 is 5.75. The Hall–Kier alpha value is -2.67. The van der Waals surface area contributed by atoms with Crippen LogP contribution in [0.25, 0.3) is 0 Å². The number of carbonyl (C=O) groups excluding carboxylic acids is 1. The van der Waals surface area contributed by atoms with Gasteiger partial charge >= 0.3 is 0 Å². The number of halogens is 1. The third kappa shape index (κ3) is 3.01.